The molecule has 0 saturated heterocycles. The molecular formula is C40H48F4N6O8S4. The van der Waals surface area contributed by atoms with Crippen LogP contribution in [0.25, 0.3) is 0 Å². The smallest absolute Gasteiger partial charge is 0.261 e. The summed E-state index contributed by atoms with van der Waals surface area (Å²) in [6, 6.07) is 21.0. The van der Waals surface area contributed by atoms with Crippen molar-refractivity contribution in [2.75, 3.05) is 60.5 Å². The van der Waals surface area contributed by atoms with Gasteiger partial charge < -0.3 is 9.80 Å². The largest absolute Gasteiger partial charge is 0.370 e. The van der Waals surface area contributed by atoms with Crippen LogP contribution in [-0.2, 0) is 40.1 Å². The van der Waals surface area contributed by atoms with E-state index in [-0.39, 0.29) is 88.6 Å². The maximum atomic E-state index is 13.8. The molecule has 0 bridgehead atoms. The van der Waals surface area contributed by atoms with Crippen LogP contribution in [0.4, 0.5) is 40.3 Å². The van der Waals surface area contributed by atoms with E-state index in [1.807, 2.05) is 0 Å². The van der Waals surface area contributed by atoms with Gasteiger partial charge in [0.15, 0.2) is 0 Å². The second kappa shape index (κ2) is 17.6. The Morgan fingerprint density at radius 3 is 1.21 bits per heavy atom. The lowest BCUT2D eigenvalue weighted by Gasteiger charge is -2.42. The molecular weight excluding hydrogens is 897 g/mol. The van der Waals surface area contributed by atoms with Crippen LogP contribution < -0.4 is 19.2 Å². The number of anilines is 4. The molecule has 0 spiro atoms. The van der Waals surface area contributed by atoms with E-state index in [1.165, 1.54) is 26.2 Å². The molecule has 4 aromatic carbocycles. The highest BCUT2D eigenvalue weighted by Gasteiger charge is 2.47. The molecule has 338 valence electrons. The van der Waals surface area contributed by atoms with Gasteiger partial charge in [0, 0.05) is 79.0 Å². The lowest BCUT2D eigenvalue weighted by atomic mass is 9.87. The molecule has 0 unspecified atom stereocenters. The van der Waals surface area contributed by atoms with Crippen LogP contribution >= 0.6 is 0 Å². The van der Waals surface area contributed by atoms with E-state index in [1.54, 1.807) is 60.3 Å². The highest BCUT2D eigenvalue weighted by Crippen LogP contribution is 2.43. The number of halogens is 4. The third-order valence-corrected chi connectivity index (χ3v) is 17.8. The third kappa shape index (κ3) is 10.3. The van der Waals surface area contributed by atoms with Crippen LogP contribution in [0.2, 0.25) is 0 Å². The van der Waals surface area contributed by atoms with E-state index >= 15 is 0 Å². The molecule has 2 fully saturated rings. The molecule has 4 aromatic rings. The van der Waals surface area contributed by atoms with E-state index in [4.69, 9.17) is 0 Å². The van der Waals surface area contributed by atoms with Crippen LogP contribution in [0.3, 0.4) is 0 Å². The number of nitrogens with zero attached hydrogens (tertiary/aromatic N) is 4. The number of para-hydroxylation sites is 4. The number of nitrogens with one attached hydrogen (secondary N) is 2. The first-order chi connectivity index (χ1) is 28.8. The Kier molecular flexibility index (Phi) is 13.3. The zero-order valence-electron chi connectivity index (χ0n) is 34.2. The fourth-order valence-electron chi connectivity index (χ4n) is 7.31. The van der Waals surface area contributed by atoms with E-state index in [2.05, 4.69) is 9.44 Å². The molecule has 0 amide bonds. The SMILES string of the molecule is CN(c1ccccc1NS(=O)(=O)c1ccc(S(=O)(=O)N(C)CCN(C)S(=O)(=O)c2ccc(S(=O)(=O)Nc3ccccc3N(C)C3CC(F)(F)C3)cc2)cc1)C1CCC(F)(F)CC1. The summed E-state index contributed by atoms with van der Waals surface area (Å²) < 4.78 is 169. The van der Waals surface area contributed by atoms with E-state index in [9.17, 15) is 51.2 Å². The Labute approximate surface area is 360 Å². The highest BCUT2D eigenvalue weighted by molar-refractivity contribution is 7.93. The molecule has 2 N–H and O–H groups in total. The van der Waals surface area contributed by atoms with Gasteiger partial charge in [-0.05, 0) is 85.6 Å². The molecule has 14 nitrogen and oxygen atoms in total. The molecule has 0 heterocycles. The van der Waals surface area contributed by atoms with Gasteiger partial charge in [0.05, 0.1) is 42.3 Å². The van der Waals surface area contributed by atoms with Crippen LogP contribution in [-0.4, -0.2) is 107 Å². The van der Waals surface area contributed by atoms with Gasteiger partial charge in [-0.1, -0.05) is 24.3 Å². The highest BCUT2D eigenvalue weighted by atomic mass is 32.2. The molecule has 2 aliphatic rings. The monoisotopic (exact) mass is 944 g/mol. The fraction of sp³-hybridized carbons (Fsp3) is 0.400. The van der Waals surface area contributed by atoms with Gasteiger partial charge in [0.2, 0.25) is 26.0 Å². The molecule has 22 heteroatoms. The Balaban J connectivity index is 1.06. The minimum absolute atomic E-state index is 0.148. The summed E-state index contributed by atoms with van der Waals surface area (Å²) in [6.07, 6.45) is -0.801. The summed E-state index contributed by atoms with van der Waals surface area (Å²) in [6.45, 7) is -0.629. The van der Waals surface area contributed by atoms with Crippen LogP contribution in [0.1, 0.15) is 38.5 Å². The Morgan fingerprint density at radius 1 is 0.500 bits per heavy atom. The molecule has 0 aromatic heterocycles. The van der Waals surface area contributed by atoms with Gasteiger partial charge in [-0.3, -0.25) is 9.44 Å². The molecule has 2 aliphatic carbocycles. The second-order valence-electron chi connectivity index (χ2n) is 15.6. The average Bonchev–Trinajstić information content (AvgIpc) is 3.21. The van der Waals surface area contributed by atoms with Crippen molar-refractivity contribution in [1.82, 2.24) is 8.61 Å². The number of hydrogen-bond acceptors (Lipinski definition) is 10. The normalized spacial score (nSPS) is 17.4. The number of benzene rings is 4. The first kappa shape index (κ1) is 47.0. The predicted octanol–water partition coefficient (Wildman–Crippen LogP) is 6.48. The number of sulfonamides is 4. The lowest BCUT2D eigenvalue weighted by Crippen LogP contribution is -2.49. The molecule has 0 aliphatic heterocycles. The average molecular weight is 945 g/mol. The van der Waals surface area contributed by atoms with Gasteiger partial charge in [0.1, 0.15) is 0 Å². The quantitative estimate of drug-likeness (QED) is 0.112. The summed E-state index contributed by atoms with van der Waals surface area (Å²) in [5, 5.41) is 0. The number of hydrogen-bond donors (Lipinski definition) is 2. The molecule has 2 saturated carbocycles. The summed E-state index contributed by atoms with van der Waals surface area (Å²) in [5.41, 5.74) is 1.24. The van der Waals surface area contributed by atoms with Gasteiger partial charge in [-0.25, -0.2) is 51.2 Å². The second-order valence-corrected chi connectivity index (χ2v) is 23.0. The number of likely N-dealkylation sites (N-methyl/N-ethyl adjacent to an activating group) is 2. The van der Waals surface area contributed by atoms with Crippen LogP contribution in [0, 0.1) is 0 Å². The first-order valence-electron chi connectivity index (χ1n) is 19.4. The van der Waals surface area contributed by atoms with E-state index < -0.39 is 58.0 Å². The zero-order chi connectivity index (χ0) is 45.5. The Bertz CT molecular complexity index is 2690. The molecule has 0 radical (unpaired) electrons. The topological polar surface area (TPSA) is 174 Å². The predicted molar refractivity (Wildman–Crippen MR) is 229 cm³/mol. The van der Waals surface area contributed by atoms with Gasteiger partial charge in [-0.2, -0.15) is 8.61 Å². The summed E-state index contributed by atoms with van der Waals surface area (Å²) in [5.74, 6) is -5.51. The maximum Gasteiger partial charge on any atom is 0.261 e. The van der Waals surface area contributed by atoms with Gasteiger partial charge in [-0.15, -0.1) is 0 Å². The fourth-order valence-corrected chi connectivity index (χ4v) is 11.8. The van der Waals surface area contributed by atoms with Crippen LogP contribution in [0.15, 0.2) is 117 Å². The number of rotatable bonds is 17. The van der Waals surface area contributed by atoms with Crippen LogP contribution in [0.5, 0.6) is 0 Å². The first-order valence-corrected chi connectivity index (χ1v) is 25.3. The summed E-state index contributed by atoms with van der Waals surface area (Å²) in [7, 11) is -11.2. The maximum absolute atomic E-state index is 13.8. The Hall–Kier alpha value is -4.48. The van der Waals surface area contributed by atoms with E-state index in [0.29, 0.717) is 11.4 Å². The summed E-state index contributed by atoms with van der Waals surface area (Å²) >= 11 is 0. The van der Waals surface area contributed by atoms with Crippen molar-refractivity contribution in [3.05, 3.63) is 97.1 Å². The zero-order valence-corrected chi connectivity index (χ0v) is 37.5. The molecule has 6 rings (SSSR count). The van der Waals surface area contributed by atoms with Crippen molar-refractivity contribution in [3.63, 3.8) is 0 Å². The molecule has 62 heavy (non-hydrogen) atoms. The summed E-state index contributed by atoms with van der Waals surface area (Å²) in [4.78, 5) is 2.32. The van der Waals surface area contributed by atoms with Gasteiger partial charge >= 0.3 is 0 Å². The van der Waals surface area contributed by atoms with Crippen molar-refractivity contribution < 1.29 is 51.2 Å². The minimum Gasteiger partial charge on any atom is -0.370 e. The third-order valence-electron chi connectivity index (χ3n) is 11.3. The lowest BCUT2D eigenvalue weighted by molar-refractivity contribution is -0.0849. The van der Waals surface area contributed by atoms with Crippen molar-refractivity contribution in [3.8, 4) is 0 Å². The van der Waals surface area contributed by atoms with E-state index in [0.717, 1.165) is 57.1 Å². The minimum atomic E-state index is -4.26. The van der Waals surface area contributed by atoms with Crippen molar-refractivity contribution in [1.29, 1.82) is 0 Å². The van der Waals surface area contributed by atoms with Crippen molar-refractivity contribution in [2.24, 2.45) is 0 Å². The van der Waals surface area contributed by atoms with Crippen molar-refractivity contribution >= 4 is 62.8 Å². The number of alkyl halides is 4. The van der Waals surface area contributed by atoms with Crippen molar-refractivity contribution in [2.45, 2.75) is 82.0 Å². The van der Waals surface area contributed by atoms with Gasteiger partial charge in [0.25, 0.3) is 26.0 Å². The Morgan fingerprint density at radius 2 is 0.839 bits per heavy atom. The standard InChI is InChI=1S/C40H48F4N6O8S4/c1-47(61(55,56)33-17-13-31(14-18-33)59(51,52)45-35-9-5-7-11-37(35)49(3)29-21-23-39(41,42)24-22-29)25-26-48(2)62(57,58)34-19-15-32(16-20-34)60(53,54)46-36-10-6-8-12-38(36)50(4)30-27-40(43,44)28-30/h5-20,29-30,45-46H,21-28H2,1-4H3. The molecule has 0 atom stereocenters.